The van der Waals surface area contributed by atoms with E-state index < -0.39 is 0 Å². The summed E-state index contributed by atoms with van der Waals surface area (Å²) < 4.78 is 0. The van der Waals surface area contributed by atoms with E-state index in [1.54, 1.807) is 0 Å². The molecule has 0 aliphatic heterocycles. The van der Waals surface area contributed by atoms with E-state index in [4.69, 9.17) is 0 Å². The molecule has 210 valence electrons. The molecule has 2 N–H and O–H groups in total. The molecule has 1 amide bonds. The first-order valence-corrected chi connectivity index (χ1v) is 15.5. The normalized spacial score (nSPS) is 23.7. The van der Waals surface area contributed by atoms with Gasteiger partial charge in [0.05, 0.1) is 0 Å². The Kier molecular flexibility index (Phi) is 12.9. The van der Waals surface area contributed by atoms with Crippen molar-refractivity contribution in [3.05, 3.63) is 0 Å². The molecule has 0 bridgehead atoms. The van der Waals surface area contributed by atoms with Crippen molar-refractivity contribution in [1.82, 2.24) is 10.6 Å². The minimum Gasteiger partial charge on any atom is -0.356 e. The fourth-order valence-corrected chi connectivity index (χ4v) is 6.71. The van der Waals surface area contributed by atoms with Crippen LogP contribution in [0.4, 0.5) is 0 Å². The van der Waals surface area contributed by atoms with E-state index >= 15 is 0 Å². The lowest BCUT2D eigenvalue weighted by atomic mass is 9.80. The number of ketones is 1. The van der Waals surface area contributed by atoms with Crippen LogP contribution in [-0.4, -0.2) is 29.3 Å². The van der Waals surface area contributed by atoms with Gasteiger partial charge in [-0.25, -0.2) is 0 Å². The minimum absolute atomic E-state index is 0.0924. The van der Waals surface area contributed by atoms with Gasteiger partial charge in [-0.1, -0.05) is 91.4 Å². The van der Waals surface area contributed by atoms with Gasteiger partial charge >= 0.3 is 0 Å². The Balaban J connectivity index is 1.63. The van der Waals surface area contributed by atoms with Gasteiger partial charge < -0.3 is 10.6 Å². The Bertz CT molecular complexity index is 646. The van der Waals surface area contributed by atoms with Crippen LogP contribution in [0.3, 0.4) is 0 Å². The van der Waals surface area contributed by atoms with Crippen LogP contribution in [0.2, 0.25) is 0 Å². The molecule has 0 heterocycles. The molecule has 0 saturated heterocycles. The van der Waals surface area contributed by atoms with Gasteiger partial charge in [-0.3, -0.25) is 9.59 Å². The molecular weight excluding hydrogens is 444 g/mol. The summed E-state index contributed by atoms with van der Waals surface area (Å²) in [5, 5.41) is 7.21. The van der Waals surface area contributed by atoms with Gasteiger partial charge in [0.2, 0.25) is 5.91 Å². The average Bonchev–Trinajstić information content (AvgIpc) is 3.44. The molecule has 0 radical (unpaired) electrons. The van der Waals surface area contributed by atoms with Crippen molar-refractivity contribution in [3.8, 4) is 0 Å². The zero-order chi connectivity index (χ0) is 26.7. The largest absolute Gasteiger partial charge is 0.356 e. The number of carbonyl (C=O) groups excluding carboxylic acids is 2. The Hall–Kier alpha value is -0.900. The Morgan fingerprint density at radius 2 is 1.39 bits per heavy atom. The molecule has 2 aliphatic rings. The van der Waals surface area contributed by atoms with Crippen LogP contribution in [-0.2, 0) is 9.59 Å². The zero-order valence-corrected chi connectivity index (χ0v) is 24.9. The second-order valence-electron chi connectivity index (χ2n) is 14.2. The average molecular weight is 505 g/mol. The molecule has 36 heavy (non-hydrogen) atoms. The van der Waals surface area contributed by atoms with Crippen molar-refractivity contribution in [2.75, 3.05) is 6.54 Å². The maximum absolute atomic E-state index is 12.3. The second-order valence-corrected chi connectivity index (χ2v) is 14.2. The number of hydrogen-bond donors (Lipinski definition) is 2. The highest BCUT2D eigenvalue weighted by molar-refractivity contribution is 5.99. The molecule has 2 unspecified atom stereocenters. The molecule has 2 aliphatic carbocycles. The summed E-state index contributed by atoms with van der Waals surface area (Å²) in [5.41, 5.74) is 0.518. The van der Waals surface area contributed by atoms with Crippen molar-refractivity contribution in [1.29, 1.82) is 0 Å². The SMILES string of the molecule is CC(C)(C)NC1(CCCCCNC(=O)CCCCC2C(=O)C2C(C)(C)C)CCCCCCCCCC1. The predicted octanol–water partition coefficient (Wildman–Crippen LogP) is 8.13. The number of Topliss-reactive ketones (excluding diaryl/α,β-unsaturated/α-hetero) is 1. The van der Waals surface area contributed by atoms with E-state index in [9.17, 15) is 9.59 Å². The highest BCUT2D eigenvalue weighted by atomic mass is 16.1. The van der Waals surface area contributed by atoms with Crippen LogP contribution in [0.25, 0.3) is 0 Å². The molecule has 2 atom stereocenters. The Morgan fingerprint density at radius 1 is 0.806 bits per heavy atom. The summed E-state index contributed by atoms with van der Waals surface area (Å²) in [6.07, 6.45) is 21.9. The van der Waals surface area contributed by atoms with E-state index in [2.05, 4.69) is 52.2 Å². The van der Waals surface area contributed by atoms with Crippen LogP contribution < -0.4 is 10.6 Å². The topological polar surface area (TPSA) is 58.2 Å². The third-order valence-corrected chi connectivity index (χ3v) is 8.42. The van der Waals surface area contributed by atoms with Gasteiger partial charge in [-0.15, -0.1) is 0 Å². The highest BCUT2D eigenvalue weighted by Gasteiger charge is 2.54. The first-order chi connectivity index (χ1) is 16.9. The maximum Gasteiger partial charge on any atom is 0.219 e. The fourth-order valence-electron chi connectivity index (χ4n) is 6.71. The van der Waals surface area contributed by atoms with Crippen LogP contribution >= 0.6 is 0 Å². The van der Waals surface area contributed by atoms with Gasteiger partial charge in [0.25, 0.3) is 0 Å². The summed E-state index contributed by atoms with van der Waals surface area (Å²) in [5.74, 6) is 1.11. The van der Waals surface area contributed by atoms with E-state index in [1.165, 1.54) is 83.5 Å². The van der Waals surface area contributed by atoms with Crippen LogP contribution in [0.1, 0.15) is 157 Å². The third-order valence-electron chi connectivity index (χ3n) is 8.42. The summed E-state index contributed by atoms with van der Waals surface area (Å²) in [6.45, 7) is 14.2. The lowest BCUT2D eigenvalue weighted by molar-refractivity contribution is -0.121. The number of rotatable bonds is 12. The van der Waals surface area contributed by atoms with E-state index in [1.807, 2.05) is 0 Å². The summed E-state index contributed by atoms with van der Waals surface area (Å²) >= 11 is 0. The Morgan fingerprint density at radius 3 is 1.92 bits per heavy atom. The number of carbonyl (C=O) groups is 2. The quantitative estimate of drug-likeness (QED) is 0.264. The first-order valence-electron chi connectivity index (χ1n) is 15.5. The second kappa shape index (κ2) is 14.9. The molecule has 4 nitrogen and oxygen atoms in total. The monoisotopic (exact) mass is 504 g/mol. The third kappa shape index (κ3) is 12.1. The van der Waals surface area contributed by atoms with E-state index in [0.717, 1.165) is 32.2 Å². The van der Waals surface area contributed by atoms with Crippen molar-refractivity contribution in [3.63, 3.8) is 0 Å². The molecule has 2 saturated carbocycles. The lowest BCUT2D eigenvalue weighted by Gasteiger charge is -2.42. The lowest BCUT2D eigenvalue weighted by Crippen LogP contribution is -2.54. The van der Waals surface area contributed by atoms with E-state index in [0.29, 0.717) is 12.2 Å². The summed E-state index contributed by atoms with van der Waals surface area (Å²) in [4.78, 5) is 24.3. The molecule has 0 aromatic rings. The smallest absolute Gasteiger partial charge is 0.219 e. The maximum atomic E-state index is 12.3. The van der Waals surface area contributed by atoms with E-state index in [-0.39, 0.29) is 34.2 Å². The van der Waals surface area contributed by atoms with Gasteiger partial charge in [0, 0.05) is 35.9 Å². The van der Waals surface area contributed by atoms with Gasteiger partial charge in [-0.2, -0.15) is 0 Å². The molecule has 0 spiro atoms. The van der Waals surface area contributed by atoms with Crippen LogP contribution in [0, 0.1) is 17.3 Å². The van der Waals surface area contributed by atoms with Crippen molar-refractivity contribution >= 4 is 11.7 Å². The molecule has 4 heteroatoms. The number of hydrogen-bond acceptors (Lipinski definition) is 3. The van der Waals surface area contributed by atoms with Crippen molar-refractivity contribution in [2.45, 2.75) is 168 Å². The Labute approximate surface area is 223 Å². The molecule has 2 fully saturated rings. The van der Waals surface area contributed by atoms with Crippen molar-refractivity contribution < 1.29 is 9.59 Å². The van der Waals surface area contributed by atoms with Gasteiger partial charge in [0.15, 0.2) is 0 Å². The highest BCUT2D eigenvalue weighted by Crippen LogP contribution is 2.49. The number of unbranched alkanes of at least 4 members (excludes halogenated alkanes) is 3. The van der Waals surface area contributed by atoms with Crippen molar-refractivity contribution in [2.24, 2.45) is 17.3 Å². The molecular formula is C32H60N2O2. The number of nitrogens with one attached hydrogen (secondary N) is 2. The molecule has 0 aromatic carbocycles. The standard InChI is InChI=1S/C32H60N2O2/c1-30(2,3)28-26(29(28)36)20-14-15-21-27(35)33-25-19-13-18-24-32(34-31(4,5)6)22-16-11-9-7-8-10-12-17-23-32/h26,28,34H,7-25H2,1-6H3,(H,33,35). The zero-order valence-electron chi connectivity index (χ0n) is 24.9. The van der Waals surface area contributed by atoms with Gasteiger partial charge in [-0.05, 0) is 64.7 Å². The molecule has 2 rings (SSSR count). The first kappa shape index (κ1) is 31.3. The van der Waals surface area contributed by atoms with Gasteiger partial charge in [0.1, 0.15) is 5.78 Å². The molecule has 0 aromatic heterocycles. The fraction of sp³-hybridized carbons (Fsp3) is 0.938. The predicted molar refractivity (Wildman–Crippen MR) is 153 cm³/mol. The number of amides is 1. The minimum atomic E-state index is 0.0924. The van der Waals surface area contributed by atoms with Crippen LogP contribution in [0.5, 0.6) is 0 Å². The van der Waals surface area contributed by atoms with Crippen LogP contribution in [0.15, 0.2) is 0 Å². The summed E-state index contributed by atoms with van der Waals surface area (Å²) in [7, 11) is 0. The summed E-state index contributed by atoms with van der Waals surface area (Å²) in [6, 6.07) is 0.